The Morgan fingerprint density at radius 1 is 0.871 bits per heavy atom. The number of hydrogen-bond donors (Lipinski definition) is 0. The highest BCUT2D eigenvalue weighted by Crippen LogP contribution is 2.28. The minimum absolute atomic E-state index is 0.0351. The third kappa shape index (κ3) is 4.21. The zero-order valence-electron chi connectivity index (χ0n) is 17.2. The molecule has 3 heterocycles. The summed E-state index contributed by atoms with van der Waals surface area (Å²) in [5, 5.41) is 0.741. The molecule has 158 valence electrons. The second-order valence-electron chi connectivity index (χ2n) is 8.02. The molecule has 0 N–H and O–H groups in total. The van der Waals surface area contributed by atoms with Crippen molar-refractivity contribution in [3.05, 3.63) is 72.0 Å². The summed E-state index contributed by atoms with van der Waals surface area (Å²) < 4.78 is 0. The fourth-order valence-electron chi connectivity index (χ4n) is 4.22. The van der Waals surface area contributed by atoms with Crippen molar-refractivity contribution in [3.63, 3.8) is 0 Å². The molecule has 2 saturated heterocycles. The van der Waals surface area contributed by atoms with Gasteiger partial charge in [-0.15, -0.1) is 0 Å². The summed E-state index contributed by atoms with van der Waals surface area (Å²) in [6.07, 6.45) is 1.60. The van der Waals surface area contributed by atoms with Crippen molar-refractivity contribution in [1.82, 2.24) is 14.9 Å². The van der Waals surface area contributed by atoms with Crippen LogP contribution in [0.15, 0.2) is 67.0 Å². The predicted molar refractivity (Wildman–Crippen MR) is 123 cm³/mol. The largest absolute Gasteiger partial charge is 0.368 e. The number of amides is 1. The molecule has 2 aliphatic heterocycles. The van der Waals surface area contributed by atoms with Crippen LogP contribution in [0.1, 0.15) is 0 Å². The summed E-state index contributed by atoms with van der Waals surface area (Å²) in [5.41, 5.74) is 3.08. The first-order valence-electron chi connectivity index (χ1n) is 10.6. The quantitative estimate of drug-likeness (QED) is 0.629. The summed E-state index contributed by atoms with van der Waals surface area (Å²) in [6.45, 7) is 4.56. The number of carbonyl (C=O) groups is 1. The first-order valence-corrected chi connectivity index (χ1v) is 11.0. The van der Waals surface area contributed by atoms with Crippen LogP contribution in [0, 0.1) is 5.92 Å². The summed E-state index contributed by atoms with van der Waals surface area (Å²) >= 11 is 6.12. The molecule has 0 saturated carbocycles. The summed E-state index contributed by atoms with van der Waals surface area (Å²) in [4.78, 5) is 28.2. The van der Waals surface area contributed by atoms with Gasteiger partial charge >= 0.3 is 0 Å². The summed E-state index contributed by atoms with van der Waals surface area (Å²) in [6, 6.07) is 20.0. The first-order chi connectivity index (χ1) is 15.2. The Morgan fingerprint density at radius 2 is 1.65 bits per heavy atom. The predicted octanol–water partition coefficient (Wildman–Crippen LogP) is 3.58. The smallest absolute Gasteiger partial charge is 0.229 e. The summed E-state index contributed by atoms with van der Waals surface area (Å²) in [7, 11) is 0. The maximum absolute atomic E-state index is 13.0. The molecule has 1 amide bonds. The Morgan fingerprint density at radius 3 is 2.39 bits per heavy atom. The molecule has 0 bridgehead atoms. The van der Waals surface area contributed by atoms with E-state index in [4.69, 9.17) is 11.6 Å². The van der Waals surface area contributed by atoms with Crippen molar-refractivity contribution < 1.29 is 4.79 Å². The molecule has 0 aliphatic carbocycles. The van der Waals surface area contributed by atoms with Crippen LogP contribution in [0.2, 0.25) is 5.02 Å². The lowest BCUT2D eigenvalue weighted by atomic mass is 9.97. The van der Waals surface area contributed by atoms with E-state index in [1.807, 2.05) is 59.5 Å². The van der Waals surface area contributed by atoms with Crippen molar-refractivity contribution in [1.29, 1.82) is 0 Å². The Bertz CT molecular complexity index is 1060. The second-order valence-corrected chi connectivity index (χ2v) is 8.46. The highest BCUT2D eigenvalue weighted by atomic mass is 35.5. The van der Waals surface area contributed by atoms with E-state index in [0.717, 1.165) is 54.0 Å². The van der Waals surface area contributed by atoms with Gasteiger partial charge in [-0.2, -0.15) is 0 Å². The second kappa shape index (κ2) is 8.55. The molecule has 0 atom stereocenters. The molecule has 0 radical (unpaired) electrons. The lowest BCUT2D eigenvalue weighted by molar-refractivity contribution is -0.136. The highest BCUT2D eigenvalue weighted by Gasteiger charge is 2.37. The molecule has 2 aromatic carbocycles. The van der Waals surface area contributed by atoms with Gasteiger partial charge in [-0.3, -0.25) is 4.79 Å². The van der Waals surface area contributed by atoms with Gasteiger partial charge in [0.2, 0.25) is 5.91 Å². The lowest BCUT2D eigenvalue weighted by Gasteiger charge is -2.43. The van der Waals surface area contributed by atoms with Crippen LogP contribution in [-0.4, -0.2) is 60.0 Å². The maximum Gasteiger partial charge on any atom is 0.229 e. The van der Waals surface area contributed by atoms with Gasteiger partial charge in [0.25, 0.3) is 0 Å². The van der Waals surface area contributed by atoms with Crippen molar-refractivity contribution in [2.45, 2.75) is 0 Å². The zero-order chi connectivity index (χ0) is 21.2. The number of hydrogen-bond acceptors (Lipinski definition) is 5. The van der Waals surface area contributed by atoms with Crippen LogP contribution in [-0.2, 0) is 4.79 Å². The molecule has 6 nitrogen and oxygen atoms in total. The lowest BCUT2D eigenvalue weighted by Crippen LogP contribution is -2.58. The van der Waals surface area contributed by atoms with Gasteiger partial charge in [0.05, 0.1) is 11.6 Å². The van der Waals surface area contributed by atoms with E-state index in [1.165, 1.54) is 0 Å². The highest BCUT2D eigenvalue weighted by molar-refractivity contribution is 6.30. The fourth-order valence-corrected chi connectivity index (χ4v) is 4.41. The van der Waals surface area contributed by atoms with Gasteiger partial charge in [0, 0.05) is 61.6 Å². The van der Waals surface area contributed by atoms with E-state index in [-0.39, 0.29) is 11.8 Å². The van der Waals surface area contributed by atoms with E-state index in [1.54, 1.807) is 6.33 Å². The number of piperazine rings is 1. The van der Waals surface area contributed by atoms with Crippen LogP contribution in [0.25, 0.3) is 11.3 Å². The van der Waals surface area contributed by atoms with Crippen molar-refractivity contribution in [3.8, 4) is 11.3 Å². The Labute approximate surface area is 187 Å². The first kappa shape index (κ1) is 19.8. The normalized spacial score (nSPS) is 16.9. The third-order valence-corrected chi connectivity index (χ3v) is 6.28. The fraction of sp³-hybridized carbons (Fsp3) is 0.292. The van der Waals surface area contributed by atoms with E-state index in [2.05, 4.69) is 25.8 Å². The average Bonchev–Trinajstić information content (AvgIpc) is 2.79. The Hall–Kier alpha value is -3.12. The number of halogens is 1. The molecule has 2 fully saturated rings. The van der Waals surface area contributed by atoms with Crippen LogP contribution in [0.5, 0.6) is 0 Å². The molecule has 5 rings (SSSR count). The summed E-state index contributed by atoms with van der Waals surface area (Å²) in [5.74, 6) is 1.16. The third-order valence-electron chi connectivity index (χ3n) is 6.04. The van der Waals surface area contributed by atoms with E-state index < -0.39 is 0 Å². The Kier molecular flexibility index (Phi) is 5.47. The van der Waals surface area contributed by atoms with Crippen LogP contribution >= 0.6 is 11.6 Å². The van der Waals surface area contributed by atoms with Gasteiger partial charge < -0.3 is 14.7 Å². The molecule has 3 aromatic rings. The number of rotatable bonds is 4. The Balaban J connectivity index is 1.16. The van der Waals surface area contributed by atoms with Crippen molar-refractivity contribution >= 4 is 29.0 Å². The van der Waals surface area contributed by atoms with Gasteiger partial charge in [-0.1, -0.05) is 48.0 Å². The minimum Gasteiger partial charge on any atom is -0.368 e. The molecule has 0 unspecified atom stereocenters. The zero-order valence-corrected chi connectivity index (χ0v) is 17.9. The van der Waals surface area contributed by atoms with Crippen LogP contribution in [0.4, 0.5) is 11.5 Å². The molecular formula is C24H24ClN5O. The van der Waals surface area contributed by atoms with E-state index in [0.29, 0.717) is 13.1 Å². The maximum atomic E-state index is 13.0. The molecule has 1 aromatic heterocycles. The average molecular weight is 434 g/mol. The number of nitrogens with zero attached hydrogens (tertiary/aromatic N) is 5. The van der Waals surface area contributed by atoms with Gasteiger partial charge in [-0.25, -0.2) is 9.97 Å². The molecule has 7 heteroatoms. The van der Waals surface area contributed by atoms with Crippen molar-refractivity contribution in [2.75, 3.05) is 49.1 Å². The number of benzene rings is 2. The minimum atomic E-state index is 0.0351. The monoisotopic (exact) mass is 433 g/mol. The standard InChI is InChI=1S/C24H24ClN5O/c25-20-7-4-8-21(13-20)28-9-11-29(12-10-28)24(31)19-15-30(16-19)23-14-22(26-17-27-23)18-5-2-1-3-6-18/h1-8,13-14,17,19H,9-12,15-16H2. The molecular weight excluding hydrogens is 410 g/mol. The number of anilines is 2. The number of aromatic nitrogens is 2. The van der Waals surface area contributed by atoms with Gasteiger partial charge in [0.1, 0.15) is 12.1 Å². The van der Waals surface area contributed by atoms with Gasteiger partial charge in [-0.05, 0) is 18.2 Å². The SMILES string of the molecule is O=C(C1CN(c2cc(-c3ccccc3)ncn2)C1)N1CCN(c2cccc(Cl)c2)CC1. The van der Waals surface area contributed by atoms with Crippen LogP contribution < -0.4 is 9.80 Å². The topological polar surface area (TPSA) is 52.6 Å². The van der Waals surface area contributed by atoms with Crippen LogP contribution in [0.3, 0.4) is 0 Å². The van der Waals surface area contributed by atoms with E-state index in [9.17, 15) is 4.79 Å². The van der Waals surface area contributed by atoms with Gasteiger partial charge in [0.15, 0.2) is 0 Å². The molecule has 31 heavy (non-hydrogen) atoms. The molecule has 0 spiro atoms. The molecule has 2 aliphatic rings. The van der Waals surface area contributed by atoms with E-state index >= 15 is 0 Å². The number of carbonyl (C=O) groups excluding carboxylic acids is 1. The van der Waals surface area contributed by atoms with Crippen molar-refractivity contribution in [2.24, 2.45) is 5.92 Å².